The average molecular weight is 285 g/mol. The first-order valence-corrected chi connectivity index (χ1v) is 7.76. The molecule has 5 unspecified atom stereocenters. The Morgan fingerprint density at radius 3 is 2.67 bits per heavy atom. The molecule has 110 valence electrons. The molecule has 1 amide bonds. The quantitative estimate of drug-likeness (QED) is 0.892. The van der Waals surface area contributed by atoms with Gasteiger partial charge in [0, 0.05) is 6.04 Å². The van der Waals surface area contributed by atoms with E-state index in [2.05, 4.69) is 11.4 Å². The van der Waals surface area contributed by atoms with E-state index in [4.69, 9.17) is 0 Å². The van der Waals surface area contributed by atoms with Gasteiger partial charge < -0.3 is 10.4 Å². The van der Waals surface area contributed by atoms with Gasteiger partial charge in [0.1, 0.15) is 0 Å². The number of nitrogens with one attached hydrogen (secondary N) is 1. The van der Waals surface area contributed by atoms with Crippen molar-refractivity contribution in [2.75, 3.05) is 0 Å². The van der Waals surface area contributed by atoms with Crippen molar-refractivity contribution in [3.63, 3.8) is 0 Å². The molecular formula is C17H19NO3. The highest BCUT2D eigenvalue weighted by Crippen LogP contribution is 2.49. The van der Waals surface area contributed by atoms with Crippen molar-refractivity contribution in [3.8, 4) is 0 Å². The van der Waals surface area contributed by atoms with Gasteiger partial charge in [-0.05, 0) is 48.6 Å². The summed E-state index contributed by atoms with van der Waals surface area (Å²) in [5, 5.41) is 12.5. The van der Waals surface area contributed by atoms with Crippen molar-refractivity contribution < 1.29 is 14.7 Å². The third kappa shape index (κ3) is 1.88. The van der Waals surface area contributed by atoms with E-state index in [-0.39, 0.29) is 29.7 Å². The van der Waals surface area contributed by atoms with Gasteiger partial charge in [-0.2, -0.15) is 0 Å². The molecule has 0 aliphatic heterocycles. The number of carbonyl (C=O) groups excluding carboxylic acids is 1. The van der Waals surface area contributed by atoms with E-state index < -0.39 is 5.97 Å². The number of carboxylic acids is 1. The fourth-order valence-corrected chi connectivity index (χ4v) is 4.61. The van der Waals surface area contributed by atoms with Crippen LogP contribution in [0, 0.1) is 17.8 Å². The number of hydrogen-bond donors (Lipinski definition) is 2. The van der Waals surface area contributed by atoms with Crippen molar-refractivity contribution in [3.05, 3.63) is 35.4 Å². The van der Waals surface area contributed by atoms with Gasteiger partial charge in [-0.15, -0.1) is 0 Å². The molecule has 3 aliphatic rings. The fourth-order valence-electron chi connectivity index (χ4n) is 4.61. The van der Waals surface area contributed by atoms with Crippen LogP contribution in [0.4, 0.5) is 0 Å². The predicted molar refractivity (Wildman–Crippen MR) is 76.8 cm³/mol. The Morgan fingerprint density at radius 2 is 1.90 bits per heavy atom. The lowest BCUT2D eigenvalue weighted by Crippen LogP contribution is -2.49. The lowest BCUT2D eigenvalue weighted by molar-refractivity contribution is -0.144. The minimum absolute atomic E-state index is 0.0116. The number of carbonyl (C=O) groups is 2. The summed E-state index contributed by atoms with van der Waals surface area (Å²) >= 11 is 0. The summed E-state index contributed by atoms with van der Waals surface area (Å²) in [4.78, 5) is 24.0. The van der Waals surface area contributed by atoms with Gasteiger partial charge in [0.2, 0.25) is 5.91 Å². The van der Waals surface area contributed by atoms with Crippen LogP contribution >= 0.6 is 0 Å². The summed E-state index contributed by atoms with van der Waals surface area (Å²) in [5.74, 6) is -0.598. The Labute approximate surface area is 123 Å². The second kappa shape index (κ2) is 4.58. The molecule has 0 heterocycles. The van der Waals surface area contributed by atoms with Crippen molar-refractivity contribution in [2.24, 2.45) is 17.8 Å². The molecule has 0 radical (unpaired) electrons. The zero-order chi connectivity index (χ0) is 14.6. The summed E-state index contributed by atoms with van der Waals surface area (Å²) in [6.45, 7) is 0. The highest BCUT2D eigenvalue weighted by molar-refractivity contribution is 5.87. The summed E-state index contributed by atoms with van der Waals surface area (Å²) < 4.78 is 0. The zero-order valence-corrected chi connectivity index (χ0v) is 11.8. The molecular weight excluding hydrogens is 266 g/mol. The third-order valence-electron chi connectivity index (χ3n) is 5.68. The second-order valence-electron chi connectivity index (χ2n) is 6.69. The number of fused-ring (bicyclic) bond motifs is 3. The van der Waals surface area contributed by atoms with Crippen LogP contribution in [0.25, 0.3) is 0 Å². The van der Waals surface area contributed by atoms with Gasteiger partial charge in [0.15, 0.2) is 0 Å². The Balaban J connectivity index is 1.49. The standard InChI is InChI=1S/C17H19NO3/c19-16(13-8-9-3-1-2-4-12(9)13)18-15-11-6-5-10(7-11)14(15)17(20)21/h1-4,10-11,13-15H,5-8H2,(H,18,19)(H,20,21). The topological polar surface area (TPSA) is 66.4 Å². The SMILES string of the molecule is O=C(NC1C2CCC(C2)C1C(=O)O)C1Cc2ccccc21. The van der Waals surface area contributed by atoms with Crippen LogP contribution < -0.4 is 5.32 Å². The normalized spacial score (nSPS) is 35.9. The molecule has 0 aromatic heterocycles. The summed E-state index contributed by atoms with van der Waals surface area (Å²) in [6.07, 6.45) is 3.80. The van der Waals surface area contributed by atoms with Crippen molar-refractivity contribution in [2.45, 2.75) is 37.6 Å². The van der Waals surface area contributed by atoms with Gasteiger partial charge in [-0.1, -0.05) is 24.3 Å². The Bertz CT molecular complexity index is 612. The largest absolute Gasteiger partial charge is 0.481 e. The molecule has 5 atom stereocenters. The molecule has 4 rings (SSSR count). The summed E-state index contributed by atoms with van der Waals surface area (Å²) in [5.41, 5.74) is 2.34. The first kappa shape index (κ1) is 12.9. The summed E-state index contributed by atoms with van der Waals surface area (Å²) in [6, 6.07) is 7.83. The van der Waals surface area contributed by atoms with Crippen LogP contribution in [0.5, 0.6) is 0 Å². The smallest absolute Gasteiger partial charge is 0.308 e. The Kier molecular flexibility index (Phi) is 2.81. The van der Waals surface area contributed by atoms with Crippen molar-refractivity contribution in [1.82, 2.24) is 5.32 Å². The molecule has 3 aliphatic carbocycles. The van der Waals surface area contributed by atoms with Crippen LogP contribution in [0.15, 0.2) is 24.3 Å². The third-order valence-corrected chi connectivity index (χ3v) is 5.68. The van der Waals surface area contributed by atoms with Crippen molar-refractivity contribution >= 4 is 11.9 Å². The van der Waals surface area contributed by atoms with Crippen LogP contribution in [-0.4, -0.2) is 23.0 Å². The molecule has 2 fully saturated rings. The Hall–Kier alpha value is -1.84. The molecule has 21 heavy (non-hydrogen) atoms. The van der Waals surface area contributed by atoms with E-state index in [1.807, 2.05) is 18.2 Å². The minimum Gasteiger partial charge on any atom is -0.481 e. The Morgan fingerprint density at radius 1 is 1.14 bits per heavy atom. The molecule has 1 aromatic carbocycles. The van der Waals surface area contributed by atoms with Crippen LogP contribution in [0.1, 0.15) is 36.3 Å². The van der Waals surface area contributed by atoms with E-state index in [0.29, 0.717) is 5.92 Å². The maximum atomic E-state index is 12.5. The number of hydrogen-bond acceptors (Lipinski definition) is 2. The number of benzene rings is 1. The highest BCUT2D eigenvalue weighted by Gasteiger charge is 2.52. The van der Waals surface area contributed by atoms with Gasteiger partial charge in [-0.3, -0.25) is 9.59 Å². The molecule has 0 spiro atoms. The molecule has 2 N–H and O–H groups in total. The van der Waals surface area contributed by atoms with Gasteiger partial charge >= 0.3 is 5.97 Å². The highest BCUT2D eigenvalue weighted by atomic mass is 16.4. The van der Waals surface area contributed by atoms with Crippen LogP contribution in [0.2, 0.25) is 0 Å². The molecule has 2 saturated carbocycles. The van der Waals surface area contributed by atoms with Gasteiger partial charge in [-0.25, -0.2) is 0 Å². The van der Waals surface area contributed by atoms with Gasteiger partial charge in [0.25, 0.3) is 0 Å². The number of aliphatic carboxylic acids is 1. The average Bonchev–Trinajstić information content (AvgIpc) is 3.00. The van der Waals surface area contributed by atoms with Crippen LogP contribution in [0.3, 0.4) is 0 Å². The van der Waals surface area contributed by atoms with Crippen LogP contribution in [-0.2, 0) is 16.0 Å². The monoisotopic (exact) mass is 285 g/mol. The first-order valence-electron chi connectivity index (χ1n) is 7.76. The lowest BCUT2D eigenvalue weighted by Gasteiger charge is -2.34. The van der Waals surface area contributed by atoms with E-state index in [1.54, 1.807) is 0 Å². The molecule has 4 heteroatoms. The second-order valence-corrected chi connectivity index (χ2v) is 6.69. The minimum atomic E-state index is -0.749. The van der Waals surface area contributed by atoms with E-state index in [1.165, 1.54) is 5.56 Å². The van der Waals surface area contributed by atoms with Gasteiger partial charge in [0.05, 0.1) is 11.8 Å². The fraction of sp³-hybridized carbons (Fsp3) is 0.529. The molecule has 4 nitrogen and oxygen atoms in total. The maximum Gasteiger partial charge on any atom is 0.308 e. The number of rotatable bonds is 3. The van der Waals surface area contributed by atoms with Crippen molar-refractivity contribution in [1.29, 1.82) is 0 Å². The maximum absolute atomic E-state index is 12.5. The number of carboxylic acid groups (broad SMARTS) is 1. The zero-order valence-electron chi connectivity index (χ0n) is 11.8. The van der Waals surface area contributed by atoms with E-state index in [0.717, 1.165) is 31.2 Å². The summed E-state index contributed by atoms with van der Waals surface area (Å²) in [7, 11) is 0. The lowest BCUT2D eigenvalue weighted by atomic mass is 9.76. The van der Waals surface area contributed by atoms with E-state index in [9.17, 15) is 14.7 Å². The molecule has 2 bridgehead atoms. The first-order chi connectivity index (χ1) is 10.1. The predicted octanol–water partition coefficient (Wildman–Crippen LogP) is 1.94. The molecule has 0 saturated heterocycles. The molecule has 1 aromatic rings. The van der Waals surface area contributed by atoms with E-state index >= 15 is 0 Å². The number of amides is 1.